The molecule has 0 saturated heterocycles. The Morgan fingerprint density at radius 1 is 1.38 bits per heavy atom. The number of hydrogen-bond acceptors (Lipinski definition) is 4. The van der Waals surface area contributed by atoms with Crippen LogP contribution in [0.25, 0.3) is 0 Å². The average Bonchev–Trinajstić information content (AvgIpc) is 2.92. The van der Waals surface area contributed by atoms with Gasteiger partial charge in [-0.1, -0.05) is 32.4 Å². The molecule has 2 aromatic rings. The Morgan fingerprint density at radius 2 is 2.19 bits per heavy atom. The lowest BCUT2D eigenvalue weighted by atomic mass is 10.1. The Balaban J connectivity index is 1.91. The van der Waals surface area contributed by atoms with Crippen LogP contribution in [0.15, 0.2) is 23.6 Å². The van der Waals surface area contributed by atoms with Crippen LogP contribution >= 0.6 is 22.9 Å². The lowest BCUT2D eigenvalue weighted by Gasteiger charge is -2.07. The Morgan fingerprint density at radius 3 is 2.90 bits per heavy atom. The third-order valence-electron chi connectivity index (χ3n) is 3.05. The second-order valence-corrected chi connectivity index (χ2v) is 6.51. The highest BCUT2D eigenvalue weighted by Crippen LogP contribution is 2.23. The molecule has 0 atom stereocenters. The van der Waals surface area contributed by atoms with E-state index >= 15 is 0 Å². The number of nitrogens with one attached hydrogen (secondary N) is 1. The molecule has 1 N–H and O–H groups in total. The zero-order chi connectivity index (χ0) is 15.2. The highest BCUT2D eigenvalue weighted by molar-refractivity contribution is 7.09. The van der Waals surface area contributed by atoms with Crippen molar-refractivity contribution in [2.24, 2.45) is 0 Å². The summed E-state index contributed by atoms with van der Waals surface area (Å²) in [4.78, 5) is 4.56. The first-order valence-corrected chi connectivity index (χ1v) is 8.42. The van der Waals surface area contributed by atoms with E-state index in [0.717, 1.165) is 40.0 Å². The lowest BCUT2D eigenvalue weighted by Crippen LogP contribution is -2.21. The average molecular weight is 325 g/mol. The van der Waals surface area contributed by atoms with E-state index in [2.05, 4.69) is 31.1 Å². The van der Waals surface area contributed by atoms with Crippen LogP contribution in [0.1, 0.15) is 37.0 Å². The van der Waals surface area contributed by atoms with Crippen LogP contribution in [0.5, 0.6) is 5.75 Å². The molecule has 0 radical (unpaired) electrons. The van der Waals surface area contributed by atoms with Crippen LogP contribution < -0.4 is 10.1 Å². The minimum Gasteiger partial charge on any atom is -0.487 e. The summed E-state index contributed by atoms with van der Waals surface area (Å²) in [6.45, 7) is 7.64. The molecule has 0 aliphatic heterocycles. The molecule has 21 heavy (non-hydrogen) atoms. The summed E-state index contributed by atoms with van der Waals surface area (Å²) in [6, 6.07) is 6.25. The van der Waals surface area contributed by atoms with Crippen LogP contribution in [-0.4, -0.2) is 11.0 Å². The standard InChI is InChI=1S/C16H21ClN2OS/c1-4-12-7-14(5-6-15(12)17)20-9-13-10-21-16(19-13)8-18-11(2)3/h5-7,10-11,18H,4,8-9H2,1-3H3. The Hall–Kier alpha value is -1.10. The van der Waals surface area contributed by atoms with E-state index in [1.54, 1.807) is 11.3 Å². The Labute approximate surface area is 135 Å². The maximum absolute atomic E-state index is 6.10. The van der Waals surface area contributed by atoms with Crippen molar-refractivity contribution >= 4 is 22.9 Å². The smallest absolute Gasteiger partial charge is 0.131 e. The molecule has 0 bridgehead atoms. The first kappa shape index (κ1) is 16.3. The fourth-order valence-electron chi connectivity index (χ4n) is 1.86. The maximum Gasteiger partial charge on any atom is 0.131 e. The molecule has 0 spiro atoms. The van der Waals surface area contributed by atoms with Crippen molar-refractivity contribution < 1.29 is 4.74 Å². The number of aromatic nitrogens is 1. The normalized spacial score (nSPS) is 11.1. The number of nitrogens with zero attached hydrogens (tertiary/aromatic N) is 1. The third-order valence-corrected chi connectivity index (χ3v) is 4.31. The van der Waals surface area contributed by atoms with Gasteiger partial charge in [-0.2, -0.15) is 0 Å². The van der Waals surface area contributed by atoms with Crippen molar-refractivity contribution in [3.63, 3.8) is 0 Å². The second kappa shape index (κ2) is 7.78. The lowest BCUT2D eigenvalue weighted by molar-refractivity contribution is 0.301. The summed E-state index contributed by atoms with van der Waals surface area (Å²) < 4.78 is 5.79. The van der Waals surface area contributed by atoms with E-state index in [0.29, 0.717) is 12.6 Å². The van der Waals surface area contributed by atoms with Gasteiger partial charge in [-0.25, -0.2) is 4.98 Å². The molecule has 1 aromatic heterocycles. The largest absolute Gasteiger partial charge is 0.487 e. The van der Waals surface area contributed by atoms with Crippen LogP contribution in [0.4, 0.5) is 0 Å². The number of halogens is 1. The molecule has 0 aliphatic carbocycles. The molecule has 3 nitrogen and oxygen atoms in total. The number of ether oxygens (including phenoxy) is 1. The third kappa shape index (κ3) is 4.99. The van der Waals surface area contributed by atoms with Crippen LogP contribution in [0, 0.1) is 0 Å². The van der Waals surface area contributed by atoms with Crippen molar-refractivity contribution in [2.45, 2.75) is 46.4 Å². The topological polar surface area (TPSA) is 34.1 Å². The van der Waals surface area contributed by atoms with Crippen LogP contribution in [0.2, 0.25) is 5.02 Å². The molecule has 0 amide bonds. The van der Waals surface area contributed by atoms with Gasteiger partial charge < -0.3 is 10.1 Å². The molecule has 0 fully saturated rings. The summed E-state index contributed by atoms with van der Waals surface area (Å²) in [5.41, 5.74) is 2.07. The van der Waals surface area contributed by atoms with Gasteiger partial charge in [0.15, 0.2) is 0 Å². The van der Waals surface area contributed by atoms with Gasteiger partial charge in [-0.3, -0.25) is 0 Å². The molecular weight excluding hydrogens is 304 g/mol. The van der Waals surface area contributed by atoms with Crippen LogP contribution in [0.3, 0.4) is 0 Å². The summed E-state index contributed by atoms with van der Waals surface area (Å²) in [5.74, 6) is 0.839. The summed E-state index contributed by atoms with van der Waals surface area (Å²) >= 11 is 7.77. The quantitative estimate of drug-likeness (QED) is 0.817. The molecule has 114 valence electrons. The van der Waals surface area contributed by atoms with Crippen molar-refractivity contribution in [1.82, 2.24) is 10.3 Å². The van der Waals surface area contributed by atoms with Crippen molar-refractivity contribution in [1.29, 1.82) is 0 Å². The van der Waals surface area contributed by atoms with Crippen molar-refractivity contribution in [2.75, 3.05) is 0 Å². The van der Waals surface area contributed by atoms with Gasteiger partial charge >= 0.3 is 0 Å². The SMILES string of the molecule is CCc1cc(OCc2csc(CNC(C)C)n2)ccc1Cl. The fraction of sp³-hybridized carbons (Fsp3) is 0.438. The first-order valence-electron chi connectivity index (χ1n) is 7.16. The van der Waals surface area contributed by atoms with Gasteiger partial charge in [-0.05, 0) is 30.2 Å². The summed E-state index contributed by atoms with van der Waals surface area (Å²) in [5, 5.41) is 7.29. The molecule has 2 rings (SSSR count). The number of thiazole rings is 1. The molecule has 0 aliphatic rings. The zero-order valence-electron chi connectivity index (χ0n) is 12.6. The van der Waals surface area contributed by atoms with E-state index in [1.165, 1.54) is 0 Å². The molecule has 0 unspecified atom stereocenters. The number of aryl methyl sites for hydroxylation is 1. The van der Waals surface area contributed by atoms with E-state index < -0.39 is 0 Å². The highest BCUT2D eigenvalue weighted by Gasteiger charge is 2.05. The highest BCUT2D eigenvalue weighted by atomic mass is 35.5. The molecule has 5 heteroatoms. The molecule has 0 saturated carbocycles. The van der Waals surface area contributed by atoms with Crippen LogP contribution in [-0.2, 0) is 19.6 Å². The Kier molecular flexibility index (Phi) is 6.03. The molecule has 1 heterocycles. The zero-order valence-corrected chi connectivity index (χ0v) is 14.2. The van der Waals surface area contributed by atoms with Gasteiger partial charge in [0.1, 0.15) is 17.4 Å². The Bertz CT molecular complexity index is 583. The molecule has 1 aromatic carbocycles. The van der Waals surface area contributed by atoms with Gasteiger partial charge in [0.25, 0.3) is 0 Å². The minimum absolute atomic E-state index is 0.468. The summed E-state index contributed by atoms with van der Waals surface area (Å²) in [6.07, 6.45) is 0.901. The second-order valence-electron chi connectivity index (χ2n) is 5.16. The summed E-state index contributed by atoms with van der Waals surface area (Å²) in [7, 11) is 0. The predicted molar refractivity (Wildman–Crippen MR) is 89.3 cm³/mol. The van der Waals surface area contributed by atoms with E-state index in [4.69, 9.17) is 16.3 Å². The van der Waals surface area contributed by atoms with Crippen molar-refractivity contribution in [3.05, 3.63) is 44.9 Å². The van der Waals surface area contributed by atoms with Gasteiger partial charge in [-0.15, -0.1) is 11.3 Å². The number of hydrogen-bond donors (Lipinski definition) is 1. The number of benzene rings is 1. The predicted octanol–water partition coefficient (Wildman–Crippen LogP) is 4.44. The van der Waals surface area contributed by atoms with Gasteiger partial charge in [0.05, 0.1) is 5.69 Å². The van der Waals surface area contributed by atoms with E-state index in [1.807, 2.05) is 23.6 Å². The monoisotopic (exact) mass is 324 g/mol. The molecular formula is C16H21ClN2OS. The minimum atomic E-state index is 0.468. The van der Waals surface area contributed by atoms with Gasteiger partial charge in [0, 0.05) is 23.0 Å². The van der Waals surface area contributed by atoms with Crippen molar-refractivity contribution in [3.8, 4) is 5.75 Å². The fourth-order valence-corrected chi connectivity index (χ4v) is 2.84. The number of rotatable bonds is 7. The van der Waals surface area contributed by atoms with E-state index in [-0.39, 0.29) is 0 Å². The maximum atomic E-state index is 6.10. The van der Waals surface area contributed by atoms with E-state index in [9.17, 15) is 0 Å². The first-order chi connectivity index (χ1) is 10.1. The van der Waals surface area contributed by atoms with Gasteiger partial charge in [0.2, 0.25) is 0 Å².